The number of benzene rings is 1. The van der Waals surface area contributed by atoms with Crippen LogP contribution in [-0.2, 0) is 9.59 Å². The van der Waals surface area contributed by atoms with Crippen molar-refractivity contribution in [1.29, 1.82) is 0 Å². The summed E-state index contributed by atoms with van der Waals surface area (Å²) in [5.41, 5.74) is 0.165. The minimum absolute atomic E-state index is 0.165. The van der Waals surface area contributed by atoms with Crippen LogP contribution in [0.15, 0.2) is 30.3 Å². The number of hydrogen-bond acceptors (Lipinski definition) is 4. The fourth-order valence-electron chi connectivity index (χ4n) is 4.02. The molecule has 1 aromatic carbocycles. The van der Waals surface area contributed by atoms with Gasteiger partial charge in [-0.1, -0.05) is 31.0 Å². The maximum atomic E-state index is 12.5. The third-order valence-corrected chi connectivity index (χ3v) is 5.67. The molecule has 2 aliphatic rings. The van der Waals surface area contributed by atoms with Crippen LogP contribution < -0.4 is 10.1 Å². The lowest BCUT2D eigenvalue weighted by Gasteiger charge is -2.36. The highest BCUT2D eigenvalue weighted by Crippen LogP contribution is 2.27. The fourth-order valence-corrected chi connectivity index (χ4v) is 4.02. The maximum absolute atomic E-state index is 12.5. The highest BCUT2D eigenvalue weighted by molar-refractivity contribution is 5.92. The van der Waals surface area contributed by atoms with Crippen molar-refractivity contribution >= 4 is 17.9 Å². The van der Waals surface area contributed by atoms with Crippen LogP contribution in [0, 0.1) is 5.92 Å². The van der Waals surface area contributed by atoms with E-state index in [0.29, 0.717) is 26.2 Å². The van der Waals surface area contributed by atoms with Crippen LogP contribution >= 0.6 is 0 Å². The van der Waals surface area contributed by atoms with Crippen molar-refractivity contribution < 1.29 is 27.5 Å². The second-order valence-corrected chi connectivity index (χ2v) is 7.86. The summed E-state index contributed by atoms with van der Waals surface area (Å²) in [7, 11) is 0. The van der Waals surface area contributed by atoms with Gasteiger partial charge < -0.3 is 15.0 Å². The van der Waals surface area contributed by atoms with E-state index >= 15 is 0 Å². The first-order chi connectivity index (χ1) is 14.8. The predicted molar refractivity (Wildman–Crippen MR) is 110 cm³/mol. The number of rotatable bonds is 7. The smallest absolute Gasteiger partial charge is 0.405 e. The number of ether oxygens (including phenoxy) is 1. The Kier molecular flexibility index (Phi) is 7.95. The van der Waals surface area contributed by atoms with Gasteiger partial charge >= 0.3 is 6.36 Å². The van der Waals surface area contributed by atoms with E-state index in [1.54, 1.807) is 6.07 Å². The van der Waals surface area contributed by atoms with E-state index < -0.39 is 12.3 Å². The first-order valence-electron chi connectivity index (χ1n) is 10.6. The summed E-state index contributed by atoms with van der Waals surface area (Å²) in [6.07, 6.45) is 1.99. The van der Waals surface area contributed by atoms with E-state index in [1.807, 2.05) is 4.90 Å². The Morgan fingerprint density at radius 1 is 1.10 bits per heavy atom. The molecular weight excluding hydrogens is 411 g/mol. The predicted octanol–water partition coefficient (Wildman–Crippen LogP) is 3.05. The largest absolute Gasteiger partial charge is 0.573 e. The molecule has 1 saturated heterocycles. The van der Waals surface area contributed by atoms with E-state index in [-0.39, 0.29) is 23.1 Å². The number of para-hydroxylation sites is 1. The van der Waals surface area contributed by atoms with Gasteiger partial charge in [0.25, 0.3) is 0 Å². The fraction of sp³-hybridized carbons (Fsp3) is 0.545. The molecule has 1 aromatic rings. The molecule has 1 N–H and O–H groups in total. The van der Waals surface area contributed by atoms with Crippen molar-refractivity contribution in [2.75, 3.05) is 39.3 Å². The van der Waals surface area contributed by atoms with Crippen LogP contribution in [-0.4, -0.2) is 67.2 Å². The Balaban J connectivity index is 1.38. The third-order valence-electron chi connectivity index (χ3n) is 5.67. The number of halogens is 3. The van der Waals surface area contributed by atoms with E-state index in [2.05, 4.69) is 15.0 Å². The zero-order chi connectivity index (χ0) is 22.3. The number of piperazine rings is 1. The van der Waals surface area contributed by atoms with Crippen LogP contribution in [0.4, 0.5) is 13.2 Å². The molecule has 1 aliphatic heterocycles. The van der Waals surface area contributed by atoms with Gasteiger partial charge in [-0.3, -0.25) is 14.5 Å². The van der Waals surface area contributed by atoms with E-state index in [9.17, 15) is 22.8 Å². The SMILES string of the molecule is O=C(/C=C/c1ccccc1OC(F)(F)F)NCCN1CCN(C(=O)C2CCCC2)CC1. The normalized spacial score (nSPS) is 18.5. The summed E-state index contributed by atoms with van der Waals surface area (Å²) in [5.74, 6) is -0.268. The second kappa shape index (κ2) is 10.7. The molecule has 6 nitrogen and oxygen atoms in total. The standard InChI is InChI=1S/C22H28F3N3O3/c23-22(24,25)31-19-8-4-3-5-17(19)9-10-20(29)26-11-12-27-13-15-28(16-14-27)21(30)18-6-1-2-7-18/h3-5,8-10,18H,1-2,6-7,11-16H2,(H,26,29)/b10-9+. The van der Waals surface area contributed by atoms with Crippen molar-refractivity contribution in [3.05, 3.63) is 35.9 Å². The molecule has 0 spiro atoms. The summed E-state index contributed by atoms with van der Waals surface area (Å²) in [6, 6.07) is 5.64. The van der Waals surface area contributed by atoms with Gasteiger partial charge in [0, 0.05) is 56.8 Å². The molecule has 0 radical (unpaired) electrons. The molecule has 3 rings (SSSR count). The van der Waals surface area contributed by atoms with Crippen LogP contribution in [0.2, 0.25) is 0 Å². The van der Waals surface area contributed by atoms with Gasteiger partial charge in [-0.2, -0.15) is 0 Å². The molecule has 170 valence electrons. The number of hydrogen-bond donors (Lipinski definition) is 1. The first kappa shape index (κ1) is 23.1. The molecule has 1 aliphatic carbocycles. The summed E-state index contributed by atoms with van der Waals surface area (Å²) < 4.78 is 41.3. The number of nitrogens with zero attached hydrogens (tertiary/aromatic N) is 2. The molecule has 2 fully saturated rings. The molecule has 0 bridgehead atoms. The number of alkyl halides is 3. The summed E-state index contributed by atoms with van der Waals surface area (Å²) in [6.45, 7) is 4.02. The molecule has 0 unspecified atom stereocenters. The Labute approximate surface area is 180 Å². The Bertz CT molecular complexity index is 784. The molecule has 2 amide bonds. The summed E-state index contributed by atoms with van der Waals surface area (Å²) in [4.78, 5) is 28.6. The molecule has 31 heavy (non-hydrogen) atoms. The average Bonchev–Trinajstić information content (AvgIpc) is 3.27. The lowest BCUT2D eigenvalue weighted by atomic mass is 10.1. The zero-order valence-electron chi connectivity index (χ0n) is 17.4. The van der Waals surface area contributed by atoms with Crippen molar-refractivity contribution in [2.45, 2.75) is 32.0 Å². The molecule has 0 aromatic heterocycles. The van der Waals surface area contributed by atoms with Gasteiger partial charge in [0.05, 0.1) is 0 Å². The molecular formula is C22H28F3N3O3. The highest BCUT2D eigenvalue weighted by atomic mass is 19.4. The van der Waals surface area contributed by atoms with Crippen molar-refractivity contribution in [3.8, 4) is 5.75 Å². The van der Waals surface area contributed by atoms with E-state index in [1.165, 1.54) is 30.4 Å². The molecule has 0 atom stereocenters. The maximum Gasteiger partial charge on any atom is 0.573 e. The van der Waals surface area contributed by atoms with Gasteiger partial charge in [0.2, 0.25) is 11.8 Å². The number of carbonyl (C=O) groups excluding carboxylic acids is 2. The van der Waals surface area contributed by atoms with Crippen LogP contribution in [0.5, 0.6) is 5.75 Å². The van der Waals surface area contributed by atoms with Gasteiger partial charge in [0.15, 0.2) is 0 Å². The Morgan fingerprint density at radius 3 is 2.45 bits per heavy atom. The number of nitrogens with one attached hydrogen (secondary N) is 1. The Morgan fingerprint density at radius 2 is 1.77 bits per heavy atom. The summed E-state index contributed by atoms with van der Waals surface area (Å²) >= 11 is 0. The van der Waals surface area contributed by atoms with Crippen LogP contribution in [0.1, 0.15) is 31.2 Å². The lowest BCUT2D eigenvalue weighted by Crippen LogP contribution is -2.51. The lowest BCUT2D eigenvalue weighted by molar-refractivity contribution is -0.274. The van der Waals surface area contributed by atoms with Crippen LogP contribution in [0.3, 0.4) is 0 Å². The zero-order valence-corrected chi connectivity index (χ0v) is 17.4. The average molecular weight is 439 g/mol. The highest BCUT2D eigenvalue weighted by Gasteiger charge is 2.32. The second-order valence-electron chi connectivity index (χ2n) is 7.86. The minimum atomic E-state index is -4.79. The Hall–Kier alpha value is -2.55. The van der Waals surface area contributed by atoms with Crippen molar-refractivity contribution in [1.82, 2.24) is 15.1 Å². The van der Waals surface area contributed by atoms with E-state index in [0.717, 1.165) is 38.8 Å². The van der Waals surface area contributed by atoms with Gasteiger partial charge in [0.1, 0.15) is 5.75 Å². The van der Waals surface area contributed by atoms with Crippen molar-refractivity contribution in [2.24, 2.45) is 5.92 Å². The quantitative estimate of drug-likeness (QED) is 0.664. The number of amides is 2. The van der Waals surface area contributed by atoms with Crippen LogP contribution in [0.25, 0.3) is 6.08 Å². The molecule has 1 saturated carbocycles. The van der Waals surface area contributed by atoms with Crippen molar-refractivity contribution in [3.63, 3.8) is 0 Å². The number of carbonyl (C=O) groups is 2. The molecule has 1 heterocycles. The van der Waals surface area contributed by atoms with Gasteiger partial charge in [-0.15, -0.1) is 13.2 Å². The minimum Gasteiger partial charge on any atom is -0.405 e. The van der Waals surface area contributed by atoms with E-state index in [4.69, 9.17) is 0 Å². The first-order valence-corrected chi connectivity index (χ1v) is 10.6. The van der Waals surface area contributed by atoms with Gasteiger partial charge in [-0.25, -0.2) is 0 Å². The monoisotopic (exact) mass is 439 g/mol. The molecule has 9 heteroatoms. The third kappa shape index (κ3) is 7.27. The topological polar surface area (TPSA) is 61.9 Å². The van der Waals surface area contributed by atoms with Gasteiger partial charge in [-0.05, 0) is 25.0 Å². The summed E-state index contributed by atoms with van der Waals surface area (Å²) in [5, 5.41) is 2.74.